The van der Waals surface area contributed by atoms with E-state index in [2.05, 4.69) is 21.2 Å². The lowest BCUT2D eigenvalue weighted by molar-refractivity contribution is -0.118. The van der Waals surface area contributed by atoms with Crippen LogP contribution in [0.5, 0.6) is 5.75 Å². The minimum Gasteiger partial charge on any atom is -0.484 e. The van der Waals surface area contributed by atoms with Crippen molar-refractivity contribution in [2.24, 2.45) is 0 Å². The number of benzene rings is 3. The van der Waals surface area contributed by atoms with E-state index in [0.29, 0.717) is 15.0 Å². The van der Waals surface area contributed by atoms with Gasteiger partial charge in [0, 0.05) is 10.2 Å². The van der Waals surface area contributed by atoms with E-state index < -0.39 is 0 Å². The molecule has 0 spiro atoms. The first-order valence-corrected chi connectivity index (χ1v) is 12.5. The molecule has 0 atom stereocenters. The van der Waals surface area contributed by atoms with Gasteiger partial charge in [0.05, 0.1) is 10.6 Å². The molecule has 1 heterocycles. The number of hydrogen-bond acceptors (Lipinski definition) is 5. The van der Waals surface area contributed by atoms with Crippen molar-refractivity contribution in [1.29, 1.82) is 0 Å². The minimum absolute atomic E-state index is 0.107. The van der Waals surface area contributed by atoms with E-state index in [4.69, 9.17) is 17.0 Å². The van der Waals surface area contributed by atoms with Crippen molar-refractivity contribution in [2.45, 2.75) is 13.8 Å². The molecule has 0 aromatic heterocycles. The molecule has 1 aliphatic heterocycles. The molecule has 172 valence electrons. The molecule has 0 radical (unpaired) electrons. The average Bonchev–Trinajstić information content (AvgIpc) is 3.09. The van der Waals surface area contributed by atoms with Crippen molar-refractivity contribution < 1.29 is 14.3 Å². The molecule has 1 fully saturated rings. The fraction of sp³-hybridized carbons (Fsp3) is 0.115. The Hall–Kier alpha value is -2.94. The number of carbonyl (C=O) groups excluding carboxylic acids is 2. The molecular formula is C26H21BrN2O3S2. The van der Waals surface area contributed by atoms with Crippen molar-refractivity contribution in [1.82, 2.24) is 0 Å². The molecule has 0 bridgehead atoms. The van der Waals surface area contributed by atoms with Crippen molar-refractivity contribution >= 4 is 73.5 Å². The summed E-state index contributed by atoms with van der Waals surface area (Å²) in [5, 5.41) is 2.91. The summed E-state index contributed by atoms with van der Waals surface area (Å²) >= 11 is 10.1. The first-order chi connectivity index (χ1) is 16.3. The number of para-hydroxylation sites is 1. The number of thioether (sulfide) groups is 1. The van der Waals surface area contributed by atoms with Crippen LogP contribution >= 0.6 is 39.9 Å². The lowest BCUT2D eigenvalue weighted by atomic mass is 10.1. The van der Waals surface area contributed by atoms with Crippen LogP contribution in [-0.2, 0) is 9.59 Å². The molecule has 0 unspecified atom stereocenters. The second-order valence-electron chi connectivity index (χ2n) is 7.67. The quantitative estimate of drug-likeness (QED) is 0.280. The Morgan fingerprint density at radius 1 is 1.09 bits per heavy atom. The van der Waals surface area contributed by atoms with Gasteiger partial charge in [-0.3, -0.25) is 14.5 Å². The Kier molecular flexibility index (Phi) is 7.50. The monoisotopic (exact) mass is 552 g/mol. The molecule has 3 aromatic rings. The number of thiocarbonyl (C=S) groups is 1. The molecular weight excluding hydrogens is 532 g/mol. The Morgan fingerprint density at radius 2 is 1.74 bits per heavy atom. The van der Waals surface area contributed by atoms with Crippen LogP contribution < -0.4 is 15.0 Å². The van der Waals surface area contributed by atoms with Crippen LogP contribution in [0.2, 0.25) is 0 Å². The molecule has 1 saturated heterocycles. The lowest BCUT2D eigenvalue weighted by Gasteiger charge is -2.13. The summed E-state index contributed by atoms with van der Waals surface area (Å²) in [6.07, 6.45) is 1.80. The molecule has 8 heteroatoms. The van der Waals surface area contributed by atoms with E-state index in [0.717, 1.165) is 32.5 Å². The van der Waals surface area contributed by atoms with Crippen molar-refractivity contribution in [3.8, 4) is 5.75 Å². The van der Waals surface area contributed by atoms with Gasteiger partial charge in [0.25, 0.3) is 11.8 Å². The third-order valence-corrected chi connectivity index (χ3v) is 6.88. The van der Waals surface area contributed by atoms with Gasteiger partial charge < -0.3 is 10.1 Å². The van der Waals surface area contributed by atoms with E-state index in [1.165, 1.54) is 16.7 Å². The van der Waals surface area contributed by atoms with Gasteiger partial charge in [-0.2, -0.15) is 0 Å². The largest absolute Gasteiger partial charge is 0.484 e. The van der Waals surface area contributed by atoms with Crippen LogP contribution in [0.3, 0.4) is 0 Å². The Bertz CT molecular complexity index is 1270. The van der Waals surface area contributed by atoms with Gasteiger partial charge >= 0.3 is 0 Å². The first kappa shape index (κ1) is 24.2. The highest BCUT2D eigenvalue weighted by Crippen LogP contribution is 2.36. The van der Waals surface area contributed by atoms with Crippen LogP contribution in [0.4, 0.5) is 11.4 Å². The van der Waals surface area contributed by atoms with E-state index in [1.807, 2.05) is 68.4 Å². The van der Waals surface area contributed by atoms with Crippen molar-refractivity contribution in [3.63, 3.8) is 0 Å². The number of nitrogens with one attached hydrogen (secondary N) is 1. The third-order valence-electron chi connectivity index (χ3n) is 5.12. The SMILES string of the molecule is Cc1cc(Br)cc(C)c1NC(=O)COc1ccc(/C=C2\SC(=S)N(c3ccccc3)C2=O)cc1. The fourth-order valence-corrected chi connectivity index (χ4v) is 5.50. The maximum absolute atomic E-state index is 12.9. The van der Waals surface area contributed by atoms with Crippen LogP contribution in [-0.4, -0.2) is 22.7 Å². The van der Waals surface area contributed by atoms with Gasteiger partial charge in [-0.05, 0) is 73.0 Å². The summed E-state index contributed by atoms with van der Waals surface area (Å²) in [6, 6.07) is 20.5. The molecule has 5 nitrogen and oxygen atoms in total. The van der Waals surface area contributed by atoms with Gasteiger partial charge in [0.15, 0.2) is 10.9 Å². The number of hydrogen-bond donors (Lipinski definition) is 1. The molecule has 1 N–H and O–H groups in total. The summed E-state index contributed by atoms with van der Waals surface area (Å²) in [5.74, 6) is 0.187. The summed E-state index contributed by atoms with van der Waals surface area (Å²) in [4.78, 5) is 27.3. The number of ether oxygens (including phenoxy) is 1. The Labute approximate surface area is 216 Å². The summed E-state index contributed by atoms with van der Waals surface area (Å²) in [6.45, 7) is 3.78. The van der Waals surface area contributed by atoms with Crippen LogP contribution in [0.25, 0.3) is 6.08 Å². The lowest BCUT2D eigenvalue weighted by Crippen LogP contribution is -2.27. The van der Waals surface area contributed by atoms with E-state index in [1.54, 1.807) is 18.2 Å². The molecule has 0 aliphatic carbocycles. The molecule has 0 saturated carbocycles. The van der Waals surface area contributed by atoms with Crippen LogP contribution in [0, 0.1) is 13.8 Å². The highest BCUT2D eigenvalue weighted by atomic mass is 79.9. The molecule has 2 amide bonds. The summed E-state index contributed by atoms with van der Waals surface area (Å²) in [7, 11) is 0. The molecule has 4 rings (SSSR count). The van der Waals surface area contributed by atoms with E-state index in [-0.39, 0.29) is 18.4 Å². The number of rotatable bonds is 6. The zero-order valence-electron chi connectivity index (χ0n) is 18.5. The Balaban J connectivity index is 1.37. The zero-order valence-corrected chi connectivity index (χ0v) is 21.7. The topological polar surface area (TPSA) is 58.6 Å². The highest BCUT2D eigenvalue weighted by molar-refractivity contribution is 9.10. The number of amides is 2. The molecule has 3 aromatic carbocycles. The second kappa shape index (κ2) is 10.5. The molecule has 1 aliphatic rings. The number of nitrogens with zero attached hydrogens (tertiary/aromatic N) is 1. The third kappa shape index (κ3) is 5.58. The number of carbonyl (C=O) groups is 2. The maximum Gasteiger partial charge on any atom is 0.270 e. The van der Waals surface area contributed by atoms with Gasteiger partial charge in [-0.15, -0.1) is 0 Å². The fourth-order valence-electron chi connectivity index (χ4n) is 3.51. The predicted octanol–water partition coefficient (Wildman–Crippen LogP) is 6.49. The van der Waals surface area contributed by atoms with Crippen molar-refractivity contribution in [3.05, 3.63) is 92.8 Å². The number of halogens is 1. The van der Waals surface area contributed by atoms with Gasteiger partial charge in [-0.1, -0.05) is 70.2 Å². The van der Waals surface area contributed by atoms with Gasteiger partial charge in [0.1, 0.15) is 5.75 Å². The van der Waals surface area contributed by atoms with Gasteiger partial charge in [0.2, 0.25) is 0 Å². The number of anilines is 2. The Morgan fingerprint density at radius 3 is 2.38 bits per heavy atom. The molecule has 34 heavy (non-hydrogen) atoms. The first-order valence-electron chi connectivity index (χ1n) is 10.4. The maximum atomic E-state index is 12.9. The van der Waals surface area contributed by atoms with E-state index in [9.17, 15) is 9.59 Å². The van der Waals surface area contributed by atoms with Crippen LogP contribution in [0.1, 0.15) is 16.7 Å². The number of aryl methyl sites for hydroxylation is 2. The van der Waals surface area contributed by atoms with E-state index >= 15 is 0 Å². The smallest absolute Gasteiger partial charge is 0.270 e. The van der Waals surface area contributed by atoms with Crippen molar-refractivity contribution in [2.75, 3.05) is 16.8 Å². The highest BCUT2D eigenvalue weighted by Gasteiger charge is 2.33. The van der Waals surface area contributed by atoms with Gasteiger partial charge in [-0.25, -0.2) is 0 Å². The van der Waals surface area contributed by atoms with Crippen LogP contribution in [0.15, 0.2) is 76.1 Å². The standard InChI is InChI=1S/C26H21BrN2O3S2/c1-16-12-19(27)13-17(2)24(16)28-23(30)15-32-21-10-8-18(9-11-21)14-22-25(31)29(26(33)34-22)20-6-4-3-5-7-20/h3-14H,15H2,1-2H3,(H,28,30)/b22-14-. The second-order valence-corrected chi connectivity index (χ2v) is 10.3. The zero-order chi connectivity index (χ0) is 24.2. The summed E-state index contributed by atoms with van der Waals surface area (Å²) in [5.41, 5.74) is 4.33. The summed E-state index contributed by atoms with van der Waals surface area (Å²) < 4.78 is 7.11. The normalized spacial score (nSPS) is 14.6. The predicted molar refractivity (Wildman–Crippen MR) is 146 cm³/mol. The minimum atomic E-state index is -0.234. The average molecular weight is 554 g/mol.